The zero-order valence-electron chi connectivity index (χ0n) is 27.4. The number of ether oxygens (including phenoxy) is 1. The third-order valence-electron chi connectivity index (χ3n) is 12.5. The molecule has 47 heavy (non-hydrogen) atoms. The minimum absolute atomic E-state index is 0.0135. The van der Waals surface area contributed by atoms with Crippen LogP contribution in [0.2, 0.25) is 0 Å². The molecule has 1 amide bonds. The third-order valence-corrected chi connectivity index (χ3v) is 14.8. The Labute approximate surface area is 282 Å². The zero-order valence-corrected chi connectivity index (χ0v) is 29.1. The van der Waals surface area contributed by atoms with Gasteiger partial charge < -0.3 is 15.2 Å². The van der Waals surface area contributed by atoms with Crippen LogP contribution >= 0.6 is 12.6 Å². The number of hydrogen-bond acceptors (Lipinski definition) is 7. The molecular weight excluding hydrogens is 635 g/mol. The summed E-state index contributed by atoms with van der Waals surface area (Å²) in [5.41, 5.74) is 2.36. The molecule has 2 aromatic rings. The molecule has 4 unspecified atom stereocenters. The number of amides is 1. The van der Waals surface area contributed by atoms with E-state index in [2.05, 4.69) is 36.8 Å². The molecule has 4 aliphatic carbocycles. The number of carbonyl (C=O) groups excluding carboxylic acids is 3. The Balaban J connectivity index is 1.16. The first-order valence-electron chi connectivity index (χ1n) is 16.9. The minimum Gasteiger partial charge on any atom is -0.449 e. The molecule has 1 aromatic carbocycles. The van der Waals surface area contributed by atoms with Crippen LogP contribution in [0.1, 0.15) is 87.3 Å². The molecule has 9 atom stereocenters. The van der Waals surface area contributed by atoms with Gasteiger partial charge in [0.15, 0.2) is 5.60 Å². The lowest BCUT2D eigenvalue weighted by Gasteiger charge is -2.60. The predicted octanol–water partition coefficient (Wildman–Crippen LogP) is 4.39. The normalized spacial score (nSPS) is 38.7. The molecule has 4 fully saturated rings. The number of benzene rings is 1. The van der Waals surface area contributed by atoms with Crippen LogP contribution in [0.4, 0.5) is 0 Å². The number of thiol groups is 1. The van der Waals surface area contributed by atoms with Gasteiger partial charge in [-0.25, -0.2) is 4.68 Å². The van der Waals surface area contributed by atoms with Crippen molar-refractivity contribution in [2.75, 3.05) is 11.5 Å². The van der Waals surface area contributed by atoms with Gasteiger partial charge in [0.25, 0.3) is 5.91 Å². The average Bonchev–Trinajstić information content (AvgIpc) is 3.67. The van der Waals surface area contributed by atoms with Crippen LogP contribution in [-0.2, 0) is 30.3 Å². The second-order valence-electron chi connectivity index (χ2n) is 15.1. The van der Waals surface area contributed by atoms with Crippen LogP contribution in [0.15, 0.2) is 36.0 Å². The second kappa shape index (κ2) is 11.3. The quantitative estimate of drug-likeness (QED) is 0.235. The van der Waals surface area contributed by atoms with Crippen LogP contribution in [0.5, 0.6) is 0 Å². The molecule has 0 radical (unpaired) electrons. The fraction of sp³-hybridized carbons (Fsp3) is 0.583. The van der Waals surface area contributed by atoms with E-state index < -0.39 is 37.7 Å². The van der Waals surface area contributed by atoms with Gasteiger partial charge >= 0.3 is 5.97 Å². The minimum atomic E-state index is -2.11. The maximum atomic E-state index is 13.1. The van der Waals surface area contributed by atoms with Gasteiger partial charge in [-0.2, -0.15) is 5.10 Å². The predicted molar refractivity (Wildman–Crippen MR) is 185 cm³/mol. The zero-order chi connectivity index (χ0) is 33.5. The van der Waals surface area contributed by atoms with Crippen molar-refractivity contribution in [3.05, 3.63) is 52.9 Å². The highest BCUT2D eigenvalue weighted by molar-refractivity contribution is 8.00. The van der Waals surface area contributed by atoms with Crippen molar-refractivity contribution in [2.24, 2.45) is 28.6 Å². The summed E-state index contributed by atoms with van der Waals surface area (Å²) < 4.78 is 20.2. The fourth-order valence-corrected chi connectivity index (χ4v) is 12.5. The molecular formula is C36H45N3O6S2. The number of allylic oxidation sites excluding steroid dienone is 1. The van der Waals surface area contributed by atoms with E-state index in [0.29, 0.717) is 36.3 Å². The first kappa shape index (κ1) is 32.6. The Kier molecular flexibility index (Phi) is 7.88. The van der Waals surface area contributed by atoms with Gasteiger partial charge in [-0.3, -0.25) is 18.6 Å². The fourth-order valence-electron chi connectivity index (χ4n) is 10.3. The molecule has 1 saturated heterocycles. The van der Waals surface area contributed by atoms with Crippen molar-refractivity contribution < 1.29 is 28.4 Å². The van der Waals surface area contributed by atoms with Gasteiger partial charge in [-0.15, -0.1) is 12.6 Å². The number of nitrogens with one attached hydrogen (secondary N) is 1. The van der Waals surface area contributed by atoms with E-state index in [1.807, 2.05) is 36.0 Å². The molecule has 9 nitrogen and oxygen atoms in total. The molecule has 2 N–H and O–H groups in total. The largest absolute Gasteiger partial charge is 0.449 e. The van der Waals surface area contributed by atoms with E-state index >= 15 is 0 Å². The molecule has 5 aliphatic rings. The number of aliphatic hydroxyl groups is 1. The summed E-state index contributed by atoms with van der Waals surface area (Å²) in [6.45, 7) is 6.02. The Morgan fingerprint density at radius 1 is 1.23 bits per heavy atom. The molecule has 11 heteroatoms. The highest BCUT2D eigenvalue weighted by Gasteiger charge is 2.70. The summed E-state index contributed by atoms with van der Waals surface area (Å²) in [7, 11) is -2.11. The summed E-state index contributed by atoms with van der Waals surface area (Å²) in [5, 5.41) is 19.4. The molecule has 3 saturated carbocycles. The number of aliphatic hydroxyl groups excluding tert-OH is 1. The molecule has 7 rings (SSSR count). The number of nitrogens with zero attached hydrogens (tertiary/aromatic N) is 2. The first-order chi connectivity index (χ1) is 22.2. The van der Waals surface area contributed by atoms with Crippen LogP contribution < -0.4 is 5.32 Å². The van der Waals surface area contributed by atoms with Crippen LogP contribution in [-0.4, -0.2) is 71.2 Å². The molecule has 252 valence electrons. The number of fused-ring (bicyclic) bond motifs is 6. The van der Waals surface area contributed by atoms with Gasteiger partial charge in [-0.1, -0.05) is 32.4 Å². The maximum absolute atomic E-state index is 13.1. The Hall–Kier alpha value is -2.89. The van der Waals surface area contributed by atoms with Crippen molar-refractivity contribution in [3.8, 4) is 5.69 Å². The summed E-state index contributed by atoms with van der Waals surface area (Å²) in [4.78, 5) is 38.8. The third kappa shape index (κ3) is 5.05. The summed E-state index contributed by atoms with van der Waals surface area (Å²) >= 11 is 4.26. The molecule has 1 aliphatic heterocycles. The topological polar surface area (TPSA) is 128 Å². The van der Waals surface area contributed by atoms with Crippen molar-refractivity contribution in [1.82, 2.24) is 15.1 Å². The SMILES string of the molecule is C=S1(=O)CCC(NC(=O)c2cccc(-n3ncc4c3C=C3CC[C@@H]5C([C@@H](O)C[C@@]6(C)C5CC[C@]6(OC(=O)CC)C(=O)S)[C@@]3(C)C4)c2)C1. The second-order valence-corrected chi connectivity index (χ2v) is 18.2. The summed E-state index contributed by atoms with van der Waals surface area (Å²) in [6.07, 6.45) is 8.33. The monoisotopic (exact) mass is 679 g/mol. The Morgan fingerprint density at radius 2 is 2.02 bits per heavy atom. The molecule has 0 bridgehead atoms. The van der Waals surface area contributed by atoms with E-state index in [4.69, 9.17) is 9.84 Å². The van der Waals surface area contributed by atoms with E-state index in [1.165, 1.54) is 5.57 Å². The summed E-state index contributed by atoms with van der Waals surface area (Å²) in [6, 6.07) is 7.28. The molecule has 0 spiro atoms. The van der Waals surface area contributed by atoms with Crippen molar-refractivity contribution in [1.29, 1.82) is 0 Å². The molecule has 1 aromatic heterocycles. The highest BCUT2D eigenvalue weighted by Crippen LogP contribution is 2.68. The van der Waals surface area contributed by atoms with Gasteiger partial charge in [-0.05, 0) is 113 Å². The van der Waals surface area contributed by atoms with E-state index in [0.717, 1.165) is 42.6 Å². The first-order valence-corrected chi connectivity index (χ1v) is 19.4. The number of hydrogen-bond donors (Lipinski definition) is 3. The van der Waals surface area contributed by atoms with Crippen molar-refractivity contribution in [3.63, 3.8) is 0 Å². The lowest BCUT2D eigenvalue weighted by atomic mass is 9.45. The highest BCUT2D eigenvalue weighted by atomic mass is 32.2. The standard InChI is InChI=1S/C36H45N3O6S2/c1-5-30(41)45-36(33(43)46)13-11-27-26-10-9-23-16-28-22(17-34(23,2)31(26)29(40)18-35(27,36)3)19-37-39(28)25-8-6-7-21(15-25)32(42)38-24-12-14-47(4,44)20-24/h6-8,15-16,19,24,26-27,29,31,40H,4-5,9-14,17-18,20H2,1-3H3,(H,38,42)(H,43,46)/t24?,26-,27?,29-,31?,34-,35-,36-,47?/m0/s1. The number of carbonyl (C=O) groups is 3. The lowest BCUT2D eigenvalue weighted by Crippen LogP contribution is -2.62. The van der Waals surface area contributed by atoms with Crippen LogP contribution in [0, 0.1) is 28.6 Å². The number of rotatable bonds is 6. The van der Waals surface area contributed by atoms with Crippen molar-refractivity contribution in [2.45, 2.75) is 89.9 Å². The van der Waals surface area contributed by atoms with Gasteiger partial charge in [0.1, 0.15) is 0 Å². The number of aromatic nitrogens is 2. The smallest absolute Gasteiger partial charge is 0.306 e. The number of esters is 1. The van der Waals surface area contributed by atoms with Crippen molar-refractivity contribution >= 4 is 51.1 Å². The van der Waals surface area contributed by atoms with Crippen LogP contribution in [0.25, 0.3) is 11.8 Å². The van der Waals surface area contributed by atoms with Gasteiger partial charge in [0.05, 0.1) is 23.7 Å². The van der Waals surface area contributed by atoms with Gasteiger partial charge in [0.2, 0.25) is 5.12 Å². The van der Waals surface area contributed by atoms with E-state index in [9.17, 15) is 23.7 Å². The Morgan fingerprint density at radius 3 is 2.72 bits per heavy atom. The van der Waals surface area contributed by atoms with E-state index in [1.54, 1.807) is 13.0 Å². The van der Waals surface area contributed by atoms with E-state index in [-0.39, 0.29) is 41.5 Å². The molecule has 2 heterocycles. The Bertz CT molecular complexity index is 1800. The summed E-state index contributed by atoms with van der Waals surface area (Å²) in [5.74, 6) is 4.43. The lowest BCUT2D eigenvalue weighted by molar-refractivity contribution is -0.196. The van der Waals surface area contributed by atoms with Gasteiger partial charge in [0, 0.05) is 34.9 Å². The maximum Gasteiger partial charge on any atom is 0.306 e. The average molecular weight is 680 g/mol. The van der Waals surface area contributed by atoms with Crippen LogP contribution in [0.3, 0.4) is 0 Å².